The highest BCUT2D eigenvalue weighted by Gasteiger charge is 2.01. The second-order valence-corrected chi connectivity index (χ2v) is 4.96. The van der Waals surface area contributed by atoms with Gasteiger partial charge in [0.05, 0.1) is 0 Å². The van der Waals surface area contributed by atoms with Gasteiger partial charge in [0.15, 0.2) is 0 Å². The van der Waals surface area contributed by atoms with Gasteiger partial charge in [0.2, 0.25) is 0 Å². The van der Waals surface area contributed by atoms with Crippen molar-refractivity contribution in [1.29, 1.82) is 0 Å². The van der Waals surface area contributed by atoms with Gasteiger partial charge in [0.25, 0.3) is 0 Å². The maximum Gasteiger partial charge on any atom is -0.0152 e. The lowest BCUT2D eigenvalue weighted by atomic mass is 9.97. The van der Waals surface area contributed by atoms with Gasteiger partial charge < -0.3 is 0 Å². The minimum atomic E-state index is 1.22. The van der Waals surface area contributed by atoms with Crippen molar-refractivity contribution in [3.05, 3.63) is 47.5 Å². The fourth-order valence-electron chi connectivity index (χ4n) is 2.50. The first-order valence-corrected chi connectivity index (χ1v) is 6.79. The lowest BCUT2D eigenvalue weighted by Crippen LogP contribution is -1.89. The van der Waals surface area contributed by atoms with Gasteiger partial charge in [-0.3, -0.25) is 0 Å². The van der Waals surface area contributed by atoms with Crippen molar-refractivity contribution < 1.29 is 0 Å². The van der Waals surface area contributed by atoms with Crippen molar-refractivity contribution in [3.8, 4) is 0 Å². The number of rotatable bonds is 5. The molecule has 0 nitrogen and oxygen atoms in total. The Bertz CT molecular complexity index is 482. The van der Waals surface area contributed by atoms with E-state index in [4.69, 9.17) is 0 Å². The van der Waals surface area contributed by atoms with Crippen LogP contribution in [0.2, 0.25) is 0 Å². The Morgan fingerprint density at radius 1 is 0.941 bits per heavy atom. The smallest absolute Gasteiger partial charge is 0.0152 e. The van der Waals surface area contributed by atoms with E-state index in [0.29, 0.717) is 0 Å². The van der Waals surface area contributed by atoms with Crippen LogP contribution in [0.3, 0.4) is 0 Å². The number of hydrogen-bond acceptors (Lipinski definition) is 0. The summed E-state index contributed by atoms with van der Waals surface area (Å²) in [5.74, 6) is 0. The summed E-state index contributed by atoms with van der Waals surface area (Å²) in [5, 5.41) is 2.83. The van der Waals surface area contributed by atoms with Gasteiger partial charge in [-0.2, -0.15) is 0 Å². The summed E-state index contributed by atoms with van der Waals surface area (Å²) < 4.78 is 0. The number of hydrogen-bond donors (Lipinski definition) is 0. The lowest BCUT2D eigenvalue weighted by Gasteiger charge is -2.08. The van der Waals surface area contributed by atoms with Gasteiger partial charge in [-0.1, -0.05) is 68.1 Å². The van der Waals surface area contributed by atoms with Crippen molar-refractivity contribution in [2.24, 2.45) is 0 Å². The molecule has 0 unspecified atom stereocenters. The normalized spacial score (nSPS) is 10.9. The molecule has 0 spiro atoms. The molecule has 0 aliphatic carbocycles. The Morgan fingerprint density at radius 2 is 1.76 bits per heavy atom. The highest BCUT2D eigenvalue weighted by Crippen LogP contribution is 2.22. The van der Waals surface area contributed by atoms with E-state index < -0.39 is 0 Å². The summed E-state index contributed by atoms with van der Waals surface area (Å²) in [7, 11) is 0. The van der Waals surface area contributed by atoms with Crippen LogP contribution in [-0.4, -0.2) is 0 Å². The second-order valence-electron chi connectivity index (χ2n) is 4.96. The number of fused-ring (bicyclic) bond motifs is 1. The summed E-state index contributed by atoms with van der Waals surface area (Å²) in [6.07, 6.45) is 6.58. The monoisotopic (exact) mass is 226 g/mol. The summed E-state index contributed by atoms with van der Waals surface area (Å²) >= 11 is 0. The van der Waals surface area contributed by atoms with Gasteiger partial charge in [-0.15, -0.1) is 0 Å². The molecule has 0 bridgehead atoms. The van der Waals surface area contributed by atoms with Crippen molar-refractivity contribution >= 4 is 10.8 Å². The van der Waals surface area contributed by atoms with E-state index in [0.717, 1.165) is 0 Å². The van der Waals surface area contributed by atoms with Gasteiger partial charge in [-0.05, 0) is 36.1 Å². The van der Waals surface area contributed by atoms with E-state index in [2.05, 4.69) is 50.2 Å². The zero-order chi connectivity index (χ0) is 12.1. The molecule has 0 aromatic heterocycles. The topological polar surface area (TPSA) is 0 Å². The SMILES string of the molecule is CCCCCCc1cc(C)cc2ccccc12. The summed E-state index contributed by atoms with van der Waals surface area (Å²) in [5.41, 5.74) is 2.91. The fourth-order valence-corrected chi connectivity index (χ4v) is 2.50. The molecule has 0 fully saturated rings. The standard InChI is InChI=1S/C17H22/c1-3-4-5-6-9-15-12-14(2)13-16-10-7-8-11-17(15)16/h7-8,10-13H,3-6,9H2,1-2H3. The molecule has 17 heavy (non-hydrogen) atoms. The van der Waals surface area contributed by atoms with E-state index in [9.17, 15) is 0 Å². The molecule has 0 atom stereocenters. The first kappa shape index (κ1) is 12.2. The molecule has 90 valence electrons. The molecule has 0 aliphatic rings. The maximum atomic E-state index is 2.36. The minimum Gasteiger partial charge on any atom is -0.0654 e. The maximum absolute atomic E-state index is 2.36. The van der Waals surface area contributed by atoms with Crippen LogP contribution in [0.1, 0.15) is 43.7 Å². The third kappa shape index (κ3) is 3.09. The molecule has 2 aromatic carbocycles. The number of benzene rings is 2. The van der Waals surface area contributed by atoms with Crippen LogP contribution in [0.5, 0.6) is 0 Å². The largest absolute Gasteiger partial charge is 0.0654 e. The molecule has 0 aliphatic heterocycles. The zero-order valence-electron chi connectivity index (χ0n) is 11.0. The molecule has 2 aromatic rings. The van der Waals surface area contributed by atoms with Crippen LogP contribution in [0, 0.1) is 6.92 Å². The first-order chi connectivity index (χ1) is 8.31. The molecule has 0 amide bonds. The van der Waals surface area contributed by atoms with E-state index in [1.807, 2.05) is 0 Å². The van der Waals surface area contributed by atoms with Crippen molar-refractivity contribution in [3.63, 3.8) is 0 Å². The average molecular weight is 226 g/mol. The van der Waals surface area contributed by atoms with Gasteiger partial charge in [-0.25, -0.2) is 0 Å². The van der Waals surface area contributed by atoms with E-state index >= 15 is 0 Å². The second kappa shape index (κ2) is 5.86. The molecular formula is C17H22. The van der Waals surface area contributed by atoms with Crippen LogP contribution in [0.25, 0.3) is 10.8 Å². The Labute approximate surface area is 105 Å². The van der Waals surface area contributed by atoms with Gasteiger partial charge in [0, 0.05) is 0 Å². The molecule has 0 saturated carbocycles. The van der Waals surface area contributed by atoms with Crippen LogP contribution in [-0.2, 0) is 6.42 Å². The molecule has 0 radical (unpaired) electrons. The quantitative estimate of drug-likeness (QED) is 0.609. The third-order valence-electron chi connectivity index (χ3n) is 3.39. The van der Waals surface area contributed by atoms with Crippen molar-refractivity contribution in [1.82, 2.24) is 0 Å². The highest BCUT2D eigenvalue weighted by molar-refractivity contribution is 5.86. The average Bonchev–Trinajstić information content (AvgIpc) is 2.34. The Morgan fingerprint density at radius 3 is 2.59 bits per heavy atom. The molecular weight excluding hydrogens is 204 g/mol. The Kier molecular flexibility index (Phi) is 4.19. The van der Waals surface area contributed by atoms with Crippen molar-refractivity contribution in [2.75, 3.05) is 0 Å². The van der Waals surface area contributed by atoms with E-state index in [-0.39, 0.29) is 0 Å². The van der Waals surface area contributed by atoms with Crippen LogP contribution in [0.15, 0.2) is 36.4 Å². The number of unbranched alkanes of at least 4 members (excludes halogenated alkanes) is 3. The summed E-state index contributed by atoms with van der Waals surface area (Å²) in [6, 6.07) is 13.4. The lowest BCUT2D eigenvalue weighted by molar-refractivity contribution is 0.668. The predicted molar refractivity (Wildman–Crippen MR) is 76.5 cm³/mol. The molecule has 0 saturated heterocycles. The number of aryl methyl sites for hydroxylation is 2. The Balaban J connectivity index is 2.20. The zero-order valence-corrected chi connectivity index (χ0v) is 11.0. The highest BCUT2D eigenvalue weighted by atomic mass is 14.1. The molecule has 0 heteroatoms. The first-order valence-electron chi connectivity index (χ1n) is 6.79. The summed E-state index contributed by atoms with van der Waals surface area (Å²) in [6.45, 7) is 4.46. The van der Waals surface area contributed by atoms with E-state index in [1.54, 1.807) is 0 Å². The minimum absolute atomic E-state index is 1.22. The Hall–Kier alpha value is -1.30. The summed E-state index contributed by atoms with van der Waals surface area (Å²) in [4.78, 5) is 0. The predicted octanol–water partition coefficient (Wildman–Crippen LogP) is 5.27. The molecule has 2 rings (SSSR count). The van der Waals surface area contributed by atoms with Gasteiger partial charge >= 0.3 is 0 Å². The molecule has 0 heterocycles. The van der Waals surface area contributed by atoms with Gasteiger partial charge in [0.1, 0.15) is 0 Å². The van der Waals surface area contributed by atoms with Crippen LogP contribution in [0.4, 0.5) is 0 Å². The van der Waals surface area contributed by atoms with Crippen molar-refractivity contribution in [2.45, 2.75) is 46.0 Å². The van der Waals surface area contributed by atoms with Crippen LogP contribution >= 0.6 is 0 Å². The third-order valence-corrected chi connectivity index (χ3v) is 3.39. The molecule has 0 N–H and O–H groups in total. The van der Waals surface area contributed by atoms with E-state index in [1.165, 1.54) is 54.0 Å². The fraction of sp³-hybridized carbons (Fsp3) is 0.412. The van der Waals surface area contributed by atoms with Crippen LogP contribution < -0.4 is 0 Å².